The molecule has 6 nitrogen and oxygen atoms in total. The van der Waals surface area contributed by atoms with Crippen LogP contribution in [0.3, 0.4) is 0 Å². The minimum Gasteiger partial charge on any atom is -0.503 e. The van der Waals surface area contributed by atoms with Gasteiger partial charge < -0.3 is 14.9 Å². The first-order valence-electron chi connectivity index (χ1n) is 11.5. The molecule has 0 spiro atoms. The molecule has 6 heteroatoms. The molecule has 2 N–H and O–H groups in total. The summed E-state index contributed by atoms with van der Waals surface area (Å²) < 4.78 is 0. The summed E-state index contributed by atoms with van der Waals surface area (Å²) in [5.74, 6) is -0.683. The average molecular weight is 428 g/mol. The fourth-order valence-corrected chi connectivity index (χ4v) is 5.32. The molecule has 1 heterocycles. The number of aliphatic hydroxyl groups is 1. The molecule has 2 fully saturated rings. The number of aldehydes is 1. The van der Waals surface area contributed by atoms with Crippen LogP contribution >= 0.6 is 0 Å². The third-order valence-electron chi connectivity index (χ3n) is 7.25. The summed E-state index contributed by atoms with van der Waals surface area (Å²) in [5, 5.41) is 19.0. The summed E-state index contributed by atoms with van der Waals surface area (Å²) >= 11 is 0. The Morgan fingerprint density at radius 2 is 1.84 bits per heavy atom. The van der Waals surface area contributed by atoms with E-state index in [2.05, 4.69) is 32.9 Å². The maximum absolute atomic E-state index is 12.6. The minimum absolute atomic E-state index is 0.0633. The molecule has 0 unspecified atom stereocenters. The molecular weight excluding hydrogens is 390 g/mol. The number of nitrogens with one attached hydrogen (secondary N) is 1. The number of carbonyl (C=O) groups excluding carboxylic acids is 2. The number of amidine groups is 1. The summed E-state index contributed by atoms with van der Waals surface area (Å²) in [5.41, 5.74) is 2.91. The lowest BCUT2D eigenvalue weighted by Crippen LogP contribution is -2.50. The van der Waals surface area contributed by atoms with Crippen LogP contribution in [0.2, 0.25) is 0 Å². The van der Waals surface area contributed by atoms with Crippen molar-refractivity contribution in [2.75, 3.05) is 20.1 Å². The third kappa shape index (κ3) is 4.78. The Morgan fingerprint density at radius 3 is 2.45 bits per heavy atom. The predicted molar refractivity (Wildman–Crippen MR) is 123 cm³/mol. The van der Waals surface area contributed by atoms with Gasteiger partial charge in [0.15, 0.2) is 17.7 Å². The van der Waals surface area contributed by atoms with Crippen molar-refractivity contribution in [3.05, 3.63) is 34.8 Å². The van der Waals surface area contributed by atoms with Crippen LogP contribution in [0, 0.1) is 16.2 Å². The van der Waals surface area contributed by atoms with E-state index in [9.17, 15) is 14.7 Å². The predicted octanol–water partition coefficient (Wildman–Crippen LogP) is 4.74. The van der Waals surface area contributed by atoms with Gasteiger partial charge in [0.2, 0.25) is 0 Å². The summed E-state index contributed by atoms with van der Waals surface area (Å²) in [7, 11) is 1.65. The highest BCUT2D eigenvalue weighted by atomic mass is 16.3. The number of allylic oxidation sites excluding steroid dienone is 5. The van der Waals surface area contributed by atoms with Gasteiger partial charge in [-0.1, -0.05) is 56.9 Å². The van der Waals surface area contributed by atoms with E-state index in [0.29, 0.717) is 31.6 Å². The van der Waals surface area contributed by atoms with Crippen LogP contribution < -0.4 is 0 Å². The van der Waals surface area contributed by atoms with Crippen molar-refractivity contribution in [3.8, 4) is 0 Å². The van der Waals surface area contributed by atoms with Crippen LogP contribution in [-0.2, 0) is 9.59 Å². The highest BCUT2D eigenvalue weighted by Gasteiger charge is 2.41. The SMILES string of the molecule is CN1CCN(C(=N)CC2(C3=CC=C(C(C)(C)C)CCC3)CCCC2)/C(=C(/O)C=O)C1=O. The second kappa shape index (κ2) is 9.01. The van der Waals surface area contributed by atoms with Crippen molar-refractivity contribution in [2.45, 2.75) is 72.1 Å². The maximum atomic E-state index is 12.6. The van der Waals surface area contributed by atoms with Gasteiger partial charge in [-0.3, -0.25) is 15.0 Å². The van der Waals surface area contributed by atoms with Gasteiger partial charge in [-0.25, -0.2) is 0 Å². The normalized spacial score (nSPS) is 23.8. The Kier molecular flexibility index (Phi) is 6.77. The molecule has 3 aliphatic rings. The van der Waals surface area contributed by atoms with Crippen LogP contribution in [0.15, 0.2) is 34.8 Å². The smallest absolute Gasteiger partial charge is 0.274 e. The highest BCUT2D eigenvalue weighted by Crippen LogP contribution is 2.50. The van der Waals surface area contributed by atoms with Gasteiger partial charge in [0.25, 0.3) is 5.91 Å². The summed E-state index contributed by atoms with van der Waals surface area (Å²) in [6.07, 6.45) is 13.1. The first-order valence-corrected chi connectivity index (χ1v) is 11.5. The minimum atomic E-state index is -0.590. The van der Waals surface area contributed by atoms with Gasteiger partial charge in [-0.2, -0.15) is 0 Å². The largest absolute Gasteiger partial charge is 0.503 e. The molecule has 31 heavy (non-hydrogen) atoms. The highest BCUT2D eigenvalue weighted by molar-refractivity contribution is 6.02. The lowest BCUT2D eigenvalue weighted by molar-refractivity contribution is -0.129. The van der Waals surface area contributed by atoms with Crippen molar-refractivity contribution in [3.63, 3.8) is 0 Å². The van der Waals surface area contributed by atoms with Crippen LogP contribution in [-0.4, -0.2) is 53.1 Å². The van der Waals surface area contributed by atoms with E-state index in [1.807, 2.05) is 0 Å². The molecule has 2 aliphatic carbocycles. The second-order valence-electron chi connectivity index (χ2n) is 10.3. The number of hydrogen-bond acceptors (Lipinski definition) is 4. The number of rotatable bonds is 4. The zero-order chi connectivity index (χ0) is 22.8. The molecule has 0 radical (unpaired) electrons. The van der Waals surface area contributed by atoms with E-state index in [4.69, 9.17) is 5.41 Å². The van der Waals surface area contributed by atoms with E-state index < -0.39 is 11.7 Å². The van der Waals surface area contributed by atoms with Gasteiger partial charge >= 0.3 is 0 Å². The van der Waals surface area contributed by atoms with E-state index in [1.165, 1.54) is 16.0 Å². The zero-order valence-electron chi connectivity index (χ0n) is 19.5. The quantitative estimate of drug-likeness (QED) is 0.223. The van der Waals surface area contributed by atoms with Gasteiger partial charge in [-0.05, 0) is 42.9 Å². The first kappa shape index (κ1) is 23.3. The molecule has 170 valence electrons. The fraction of sp³-hybridized carbons (Fsp3) is 0.640. The van der Waals surface area contributed by atoms with Crippen molar-refractivity contribution < 1.29 is 14.7 Å². The molecule has 3 rings (SSSR count). The third-order valence-corrected chi connectivity index (χ3v) is 7.25. The molecule has 0 aromatic heterocycles. The van der Waals surface area contributed by atoms with Gasteiger partial charge in [0.05, 0.1) is 0 Å². The van der Waals surface area contributed by atoms with Crippen molar-refractivity contribution in [1.29, 1.82) is 5.41 Å². The van der Waals surface area contributed by atoms with Gasteiger partial charge in [0.1, 0.15) is 5.84 Å². The number of piperazine rings is 1. The van der Waals surface area contributed by atoms with Crippen LogP contribution in [0.4, 0.5) is 0 Å². The molecule has 1 saturated heterocycles. The number of aliphatic hydroxyl groups excluding tert-OH is 1. The molecule has 0 aromatic carbocycles. The van der Waals surface area contributed by atoms with Crippen molar-refractivity contribution >= 4 is 18.0 Å². The summed E-state index contributed by atoms with van der Waals surface area (Å²) in [6, 6.07) is 0. The fourth-order valence-electron chi connectivity index (χ4n) is 5.32. The molecule has 0 bridgehead atoms. The van der Waals surface area contributed by atoms with Gasteiger partial charge in [0, 0.05) is 26.6 Å². The topological polar surface area (TPSA) is 84.7 Å². The zero-order valence-corrected chi connectivity index (χ0v) is 19.5. The lowest BCUT2D eigenvalue weighted by Gasteiger charge is -2.39. The van der Waals surface area contributed by atoms with E-state index in [1.54, 1.807) is 11.9 Å². The Morgan fingerprint density at radius 1 is 1.16 bits per heavy atom. The van der Waals surface area contributed by atoms with Crippen LogP contribution in [0.5, 0.6) is 0 Å². The second-order valence-corrected chi connectivity index (χ2v) is 10.3. The Hall–Kier alpha value is -2.37. The molecule has 0 atom stereocenters. The summed E-state index contributed by atoms with van der Waals surface area (Å²) in [4.78, 5) is 26.9. The molecule has 1 amide bonds. The van der Waals surface area contributed by atoms with Crippen LogP contribution in [0.25, 0.3) is 0 Å². The number of amides is 1. The maximum Gasteiger partial charge on any atom is 0.274 e. The van der Waals surface area contributed by atoms with Crippen molar-refractivity contribution in [1.82, 2.24) is 9.80 Å². The van der Waals surface area contributed by atoms with Crippen LogP contribution in [0.1, 0.15) is 72.1 Å². The average Bonchev–Trinajstić information content (AvgIpc) is 3.03. The Balaban J connectivity index is 1.90. The Labute approximate surface area is 186 Å². The standard InChI is InChI=1S/C25H37N3O3/c1-24(2,3)18-8-7-9-19(11-10-18)25(12-5-6-13-25)16-21(26)28-15-14-27(4)23(31)22(28)20(30)17-29/h10-11,17,26,30H,5-9,12-16H2,1-4H3/b22-20+,26-21?. The van der Waals surface area contributed by atoms with Gasteiger partial charge in [-0.15, -0.1) is 0 Å². The number of likely N-dealkylation sites (N-methyl/N-ethyl adjacent to an activating group) is 1. The number of carbonyl (C=O) groups is 2. The first-order chi connectivity index (χ1) is 14.6. The molecule has 1 saturated carbocycles. The van der Waals surface area contributed by atoms with E-state index in [0.717, 1.165) is 44.9 Å². The lowest BCUT2D eigenvalue weighted by atomic mass is 9.73. The Bertz CT molecular complexity index is 839. The summed E-state index contributed by atoms with van der Waals surface area (Å²) in [6.45, 7) is 7.66. The molecule has 0 aromatic rings. The van der Waals surface area contributed by atoms with E-state index >= 15 is 0 Å². The molecule has 1 aliphatic heterocycles. The monoisotopic (exact) mass is 427 g/mol. The van der Waals surface area contributed by atoms with E-state index in [-0.39, 0.29) is 16.5 Å². The van der Waals surface area contributed by atoms with Crippen molar-refractivity contribution in [2.24, 2.45) is 10.8 Å². The molecular formula is C25H37N3O3. The number of hydrogen-bond donors (Lipinski definition) is 2. The number of nitrogens with zero attached hydrogens (tertiary/aromatic N) is 2.